The van der Waals surface area contributed by atoms with Crippen LogP contribution >= 0.6 is 0 Å². The van der Waals surface area contributed by atoms with E-state index in [1.807, 2.05) is 0 Å². The summed E-state index contributed by atoms with van der Waals surface area (Å²) in [5.41, 5.74) is 3.30. The SMILES string of the molecule is Cc1cc(C(=O)NC(C2CC2)C2CC2)c(C)n1C1CC1. The smallest absolute Gasteiger partial charge is 0.253 e. The molecule has 20 heavy (non-hydrogen) atoms. The summed E-state index contributed by atoms with van der Waals surface area (Å²) in [7, 11) is 0. The van der Waals surface area contributed by atoms with Crippen LogP contribution in [0.2, 0.25) is 0 Å². The van der Waals surface area contributed by atoms with E-state index in [0.717, 1.165) is 23.1 Å². The molecule has 0 saturated heterocycles. The number of rotatable bonds is 5. The van der Waals surface area contributed by atoms with Crippen LogP contribution in [0.5, 0.6) is 0 Å². The van der Waals surface area contributed by atoms with Gasteiger partial charge in [-0.05, 0) is 70.3 Å². The topological polar surface area (TPSA) is 34.0 Å². The van der Waals surface area contributed by atoms with Crippen LogP contribution < -0.4 is 5.32 Å². The van der Waals surface area contributed by atoms with Crippen LogP contribution in [-0.2, 0) is 0 Å². The summed E-state index contributed by atoms with van der Waals surface area (Å²) in [6.45, 7) is 4.23. The summed E-state index contributed by atoms with van der Waals surface area (Å²) in [4.78, 5) is 12.6. The number of aryl methyl sites for hydroxylation is 1. The molecule has 0 bridgehead atoms. The zero-order chi connectivity index (χ0) is 13.9. The monoisotopic (exact) mass is 272 g/mol. The van der Waals surface area contributed by atoms with Gasteiger partial charge in [0.25, 0.3) is 5.91 Å². The van der Waals surface area contributed by atoms with Gasteiger partial charge in [0.15, 0.2) is 0 Å². The Balaban J connectivity index is 1.54. The lowest BCUT2D eigenvalue weighted by molar-refractivity contribution is 0.0925. The molecule has 1 amide bonds. The van der Waals surface area contributed by atoms with E-state index >= 15 is 0 Å². The number of amides is 1. The lowest BCUT2D eigenvalue weighted by atomic mass is 10.1. The van der Waals surface area contributed by atoms with Crippen LogP contribution in [0.1, 0.15) is 66.3 Å². The Bertz CT molecular complexity index is 536. The maximum atomic E-state index is 12.6. The minimum atomic E-state index is 0.161. The summed E-state index contributed by atoms with van der Waals surface area (Å²) in [6.07, 6.45) is 7.77. The van der Waals surface area contributed by atoms with Crippen LogP contribution in [0.3, 0.4) is 0 Å². The Morgan fingerprint density at radius 2 is 1.75 bits per heavy atom. The molecule has 0 atom stereocenters. The van der Waals surface area contributed by atoms with Crippen molar-refractivity contribution in [3.8, 4) is 0 Å². The van der Waals surface area contributed by atoms with Gasteiger partial charge in [-0.15, -0.1) is 0 Å². The van der Waals surface area contributed by atoms with E-state index in [1.165, 1.54) is 44.2 Å². The van der Waals surface area contributed by atoms with Crippen LogP contribution in [0.4, 0.5) is 0 Å². The normalized spacial score (nSPS) is 22.4. The molecule has 3 nitrogen and oxygen atoms in total. The number of hydrogen-bond acceptors (Lipinski definition) is 1. The van der Waals surface area contributed by atoms with Crippen molar-refractivity contribution in [3.05, 3.63) is 23.0 Å². The Morgan fingerprint density at radius 1 is 1.15 bits per heavy atom. The molecule has 0 radical (unpaired) electrons. The summed E-state index contributed by atoms with van der Waals surface area (Å²) in [5.74, 6) is 1.69. The Hall–Kier alpha value is -1.25. The van der Waals surface area contributed by atoms with E-state index < -0.39 is 0 Å². The van der Waals surface area contributed by atoms with Crippen LogP contribution in [-0.4, -0.2) is 16.5 Å². The van der Waals surface area contributed by atoms with Crippen molar-refractivity contribution in [1.82, 2.24) is 9.88 Å². The predicted molar refractivity (Wildman–Crippen MR) is 78.9 cm³/mol. The third kappa shape index (κ3) is 2.17. The summed E-state index contributed by atoms with van der Waals surface area (Å²) in [6, 6.07) is 3.19. The Kier molecular flexibility index (Phi) is 2.73. The molecule has 3 aliphatic carbocycles. The van der Waals surface area contributed by atoms with Crippen molar-refractivity contribution in [3.63, 3.8) is 0 Å². The maximum absolute atomic E-state index is 12.6. The fraction of sp³-hybridized carbons (Fsp3) is 0.706. The molecule has 0 aliphatic heterocycles. The van der Waals surface area contributed by atoms with Crippen LogP contribution in [0.15, 0.2) is 6.07 Å². The average Bonchev–Trinajstić information content (AvgIpc) is 3.25. The number of nitrogens with zero attached hydrogens (tertiary/aromatic N) is 1. The number of carbonyl (C=O) groups is 1. The lowest BCUT2D eigenvalue weighted by Gasteiger charge is -2.17. The van der Waals surface area contributed by atoms with Gasteiger partial charge in [0, 0.05) is 23.5 Å². The van der Waals surface area contributed by atoms with Crippen molar-refractivity contribution < 1.29 is 4.79 Å². The molecule has 1 N–H and O–H groups in total. The largest absolute Gasteiger partial charge is 0.349 e. The Labute approximate surface area is 120 Å². The summed E-state index contributed by atoms with van der Waals surface area (Å²) in [5, 5.41) is 3.35. The molecule has 3 saturated carbocycles. The molecule has 0 spiro atoms. The first-order chi connectivity index (χ1) is 9.65. The second-order valence-corrected chi connectivity index (χ2v) is 7.06. The van der Waals surface area contributed by atoms with Crippen molar-refractivity contribution in [1.29, 1.82) is 0 Å². The average molecular weight is 272 g/mol. The Morgan fingerprint density at radius 3 is 2.25 bits per heavy atom. The van der Waals surface area contributed by atoms with Gasteiger partial charge in [0.2, 0.25) is 0 Å². The van der Waals surface area contributed by atoms with E-state index in [4.69, 9.17) is 0 Å². The molecular weight excluding hydrogens is 248 g/mol. The molecule has 0 aromatic carbocycles. The van der Waals surface area contributed by atoms with E-state index in [-0.39, 0.29) is 5.91 Å². The van der Waals surface area contributed by atoms with E-state index in [9.17, 15) is 4.79 Å². The number of aromatic nitrogens is 1. The quantitative estimate of drug-likeness (QED) is 0.876. The highest BCUT2D eigenvalue weighted by Gasteiger charge is 2.42. The van der Waals surface area contributed by atoms with Gasteiger partial charge in [-0.1, -0.05) is 0 Å². The molecule has 1 aromatic rings. The first kappa shape index (κ1) is 12.5. The highest BCUT2D eigenvalue weighted by atomic mass is 16.1. The molecule has 4 rings (SSSR count). The number of nitrogens with one attached hydrogen (secondary N) is 1. The minimum absolute atomic E-state index is 0.161. The molecule has 1 aromatic heterocycles. The second kappa shape index (κ2) is 4.37. The van der Waals surface area contributed by atoms with Gasteiger partial charge in [-0.25, -0.2) is 0 Å². The van der Waals surface area contributed by atoms with Crippen LogP contribution in [0.25, 0.3) is 0 Å². The fourth-order valence-corrected chi connectivity index (χ4v) is 3.66. The summed E-state index contributed by atoms with van der Waals surface area (Å²) >= 11 is 0. The summed E-state index contributed by atoms with van der Waals surface area (Å²) < 4.78 is 2.36. The standard InChI is InChI=1S/C17H24N2O/c1-10-9-15(11(2)19(10)14-7-8-14)17(20)18-16(12-3-4-12)13-5-6-13/h9,12-14,16H,3-8H2,1-2H3,(H,18,20). The third-order valence-electron chi connectivity index (χ3n) is 5.20. The lowest BCUT2D eigenvalue weighted by Crippen LogP contribution is -2.38. The van der Waals surface area contributed by atoms with Crippen molar-refractivity contribution in [2.24, 2.45) is 11.8 Å². The highest BCUT2D eigenvalue weighted by molar-refractivity contribution is 5.96. The number of hydrogen-bond donors (Lipinski definition) is 1. The van der Waals surface area contributed by atoms with E-state index in [2.05, 4.69) is 29.8 Å². The molecule has 108 valence electrons. The second-order valence-electron chi connectivity index (χ2n) is 7.06. The van der Waals surface area contributed by atoms with Crippen LogP contribution in [0, 0.1) is 25.7 Å². The molecule has 3 aliphatic rings. The number of carbonyl (C=O) groups excluding carboxylic acids is 1. The van der Waals surface area contributed by atoms with Gasteiger partial charge < -0.3 is 9.88 Å². The zero-order valence-corrected chi connectivity index (χ0v) is 12.5. The van der Waals surface area contributed by atoms with Crippen molar-refractivity contribution in [2.75, 3.05) is 0 Å². The minimum Gasteiger partial charge on any atom is -0.349 e. The molecule has 3 fully saturated rings. The van der Waals surface area contributed by atoms with Gasteiger partial charge in [0.1, 0.15) is 0 Å². The van der Waals surface area contributed by atoms with Gasteiger partial charge >= 0.3 is 0 Å². The molecule has 3 heteroatoms. The molecular formula is C17H24N2O. The molecule has 0 unspecified atom stereocenters. The van der Waals surface area contributed by atoms with E-state index in [0.29, 0.717) is 12.1 Å². The van der Waals surface area contributed by atoms with Crippen molar-refractivity contribution in [2.45, 2.75) is 64.5 Å². The first-order valence-corrected chi connectivity index (χ1v) is 8.14. The highest BCUT2D eigenvalue weighted by Crippen LogP contribution is 2.44. The van der Waals surface area contributed by atoms with E-state index in [1.54, 1.807) is 0 Å². The van der Waals surface area contributed by atoms with Crippen molar-refractivity contribution >= 4 is 5.91 Å². The van der Waals surface area contributed by atoms with Gasteiger partial charge in [-0.2, -0.15) is 0 Å². The molecule has 1 heterocycles. The first-order valence-electron chi connectivity index (χ1n) is 8.14. The maximum Gasteiger partial charge on any atom is 0.253 e. The van der Waals surface area contributed by atoms with Gasteiger partial charge in [-0.3, -0.25) is 4.79 Å². The predicted octanol–water partition coefficient (Wildman–Crippen LogP) is 3.36. The van der Waals surface area contributed by atoms with Gasteiger partial charge in [0.05, 0.1) is 5.56 Å². The third-order valence-corrected chi connectivity index (χ3v) is 5.20. The zero-order valence-electron chi connectivity index (χ0n) is 12.5. The fourth-order valence-electron chi connectivity index (χ4n) is 3.66.